The number of hydrogen-bond acceptors (Lipinski definition) is 6. The van der Waals surface area contributed by atoms with Crippen molar-refractivity contribution in [3.63, 3.8) is 0 Å². The van der Waals surface area contributed by atoms with Crippen LogP contribution in [0, 0.1) is 0 Å². The van der Waals surface area contributed by atoms with E-state index < -0.39 is 24.0 Å². The van der Waals surface area contributed by atoms with Gasteiger partial charge in [-0.2, -0.15) is 0 Å². The van der Waals surface area contributed by atoms with Crippen molar-refractivity contribution in [1.82, 2.24) is 10.6 Å². The van der Waals surface area contributed by atoms with Gasteiger partial charge in [0.1, 0.15) is 18.4 Å². The Bertz CT molecular complexity index is 973. The molecule has 1 atom stereocenters. The normalized spacial score (nSPS) is 16.1. The second-order valence-electron chi connectivity index (χ2n) is 5.86. The van der Waals surface area contributed by atoms with E-state index in [-0.39, 0.29) is 35.1 Å². The van der Waals surface area contributed by atoms with E-state index >= 15 is 0 Å². The summed E-state index contributed by atoms with van der Waals surface area (Å²) in [6, 6.07) is 6.51. The Kier molecular flexibility index (Phi) is 6.60. The average molecular weight is 484 g/mol. The number of rotatable bonds is 6. The van der Waals surface area contributed by atoms with Crippen LogP contribution in [0.2, 0.25) is 5.02 Å². The zero-order valence-electron chi connectivity index (χ0n) is 15.2. The molecular weight excluding hydrogens is 468 g/mol. The van der Waals surface area contributed by atoms with Gasteiger partial charge in [-0.25, -0.2) is 14.4 Å². The second kappa shape index (κ2) is 9.15. The van der Waals surface area contributed by atoms with Crippen LogP contribution in [0.5, 0.6) is 0 Å². The van der Waals surface area contributed by atoms with E-state index in [1.54, 1.807) is 31.2 Å². The number of hydrogen-bond donors (Lipinski definition) is 2. The molecule has 1 aromatic carbocycles. The van der Waals surface area contributed by atoms with Crippen LogP contribution in [0.3, 0.4) is 0 Å². The summed E-state index contributed by atoms with van der Waals surface area (Å²) in [7, 11) is 0. The molecule has 1 aliphatic rings. The van der Waals surface area contributed by atoms with Crippen LogP contribution < -0.4 is 10.6 Å². The predicted molar refractivity (Wildman–Crippen MR) is 106 cm³/mol. The zero-order chi connectivity index (χ0) is 21.0. The van der Waals surface area contributed by atoms with Gasteiger partial charge in [0.05, 0.1) is 34.7 Å². The molecule has 1 unspecified atom stereocenters. The molecular formula is C19H16BrClN2O6. The Hall–Kier alpha value is -2.78. The van der Waals surface area contributed by atoms with Crippen molar-refractivity contribution in [3.05, 3.63) is 68.7 Å². The van der Waals surface area contributed by atoms with E-state index in [4.69, 9.17) is 25.5 Å². The average Bonchev–Trinajstić information content (AvgIpc) is 3.22. The topological polar surface area (TPSA) is 107 Å². The van der Waals surface area contributed by atoms with Gasteiger partial charge >= 0.3 is 18.0 Å². The van der Waals surface area contributed by atoms with Gasteiger partial charge in [-0.05, 0) is 37.3 Å². The minimum Gasteiger partial charge on any atom is -0.467 e. The molecule has 1 aromatic heterocycles. The number of esters is 2. The van der Waals surface area contributed by atoms with Crippen molar-refractivity contribution >= 4 is 45.5 Å². The monoisotopic (exact) mass is 482 g/mol. The van der Waals surface area contributed by atoms with Gasteiger partial charge in [0.2, 0.25) is 0 Å². The molecule has 0 spiro atoms. The van der Waals surface area contributed by atoms with Gasteiger partial charge in [0, 0.05) is 4.47 Å². The highest BCUT2D eigenvalue weighted by molar-refractivity contribution is 9.10. The molecule has 152 valence electrons. The Morgan fingerprint density at radius 2 is 2.03 bits per heavy atom. The highest BCUT2D eigenvalue weighted by Crippen LogP contribution is 2.28. The van der Waals surface area contributed by atoms with Crippen molar-refractivity contribution < 1.29 is 28.3 Å². The van der Waals surface area contributed by atoms with Gasteiger partial charge in [-0.3, -0.25) is 0 Å². The van der Waals surface area contributed by atoms with E-state index in [1.807, 2.05) is 0 Å². The van der Waals surface area contributed by atoms with E-state index in [0.717, 1.165) is 0 Å². The fourth-order valence-electron chi connectivity index (χ4n) is 2.72. The first-order valence-electron chi connectivity index (χ1n) is 8.54. The molecule has 2 amide bonds. The Balaban J connectivity index is 1.90. The third kappa shape index (κ3) is 4.80. The minimum absolute atomic E-state index is 0.0783. The van der Waals surface area contributed by atoms with Crippen LogP contribution in [-0.4, -0.2) is 31.2 Å². The fourth-order valence-corrected chi connectivity index (χ4v) is 3.28. The van der Waals surface area contributed by atoms with Crippen LogP contribution in [0.4, 0.5) is 4.79 Å². The molecule has 0 fully saturated rings. The lowest BCUT2D eigenvalue weighted by Gasteiger charge is -2.27. The number of ether oxygens (including phenoxy) is 2. The third-order valence-electron chi connectivity index (χ3n) is 3.97. The third-order valence-corrected chi connectivity index (χ3v) is 4.80. The van der Waals surface area contributed by atoms with Crippen molar-refractivity contribution in [1.29, 1.82) is 0 Å². The number of nitrogens with one attached hydrogen (secondary N) is 2. The maximum absolute atomic E-state index is 12.6. The van der Waals surface area contributed by atoms with E-state index in [1.165, 1.54) is 12.3 Å². The maximum atomic E-state index is 12.6. The summed E-state index contributed by atoms with van der Waals surface area (Å²) in [5.74, 6) is -1.05. The summed E-state index contributed by atoms with van der Waals surface area (Å²) in [4.78, 5) is 37.1. The quantitative estimate of drug-likeness (QED) is 0.607. The highest BCUT2D eigenvalue weighted by atomic mass is 79.9. The molecule has 0 saturated heterocycles. The number of amides is 2. The lowest BCUT2D eigenvalue weighted by molar-refractivity contribution is -0.139. The van der Waals surface area contributed by atoms with Gasteiger partial charge in [-0.15, -0.1) is 0 Å². The van der Waals surface area contributed by atoms with Crippen LogP contribution >= 0.6 is 27.5 Å². The number of carbonyl (C=O) groups excluding carboxylic acids is 3. The summed E-state index contributed by atoms with van der Waals surface area (Å²) in [6.45, 7) is 1.41. The standard InChI is InChI=1S/C19H16BrClN2O6/c1-2-27-18(25)15-13(22-19(26)23-16(15)14-4-3-7-28-14)9-29-17(24)11-8-10(20)5-6-12(11)21/h3-8,16H,2,9H2,1H3,(H2,22,23,26). The zero-order valence-corrected chi connectivity index (χ0v) is 17.5. The smallest absolute Gasteiger partial charge is 0.340 e. The first-order chi connectivity index (χ1) is 13.9. The molecule has 0 bridgehead atoms. The molecule has 0 saturated carbocycles. The number of urea groups is 1. The van der Waals surface area contributed by atoms with Crippen molar-refractivity contribution in [3.8, 4) is 0 Å². The van der Waals surface area contributed by atoms with E-state index in [9.17, 15) is 14.4 Å². The molecule has 2 N–H and O–H groups in total. The van der Waals surface area contributed by atoms with Crippen molar-refractivity contribution in [2.45, 2.75) is 13.0 Å². The van der Waals surface area contributed by atoms with Crippen molar-refractivity contribution in [2.24, 2.45) is 0 Å². The summed E-state index contributed by atoms with van der Waals surface area (Å²) in [5, 5.41) is 5.31. The van der Waals surface area contributed by atoms with Gasteiger partial charge in [0.25, 0.3) is 0 Å². The molecule has 3 rings (SSSR count). The summed E-state index contributed by atoms with van der Waals surface area (Å²) < 4.78 is 16.4. The maximum Gasteiger partial charge on any atom is 0.340 e. The van der Waals surface area contributed by atoms with Crippen molar-refractivity contribution in [2.75, 3.05) is 13.2 Å². The molecule has 0 radical (unpaired) electrons. The van der Waals surface area contributed by atoms with Crippen LogP contribution in [0.15, 0.2) is 56.8 Å². The molecule has 2 aromatic rings. The van der Waals surface area contributed by atoms with Crippen LogP contribution in [-0.2, 0) is 14.3 Å². The molecule has 29 heavy (non-hydrogen) atoms. The lowest BCUT2D eigenvalue weighted by Crippen LogP contribution is -2.47. The first kappa shape index (κ1) is 20.9. The SMILES string of the molecule is CCOC(=O)C1=C(COC(=O)c2cc(Br)ccc2Cl)NC(=O)NC1c1ccco1. The summed E-state index contributed by atoms with van der Waals surface area (Å²) >= 11 is 9.31. The Morgan fingerprint density at radius 1 is 1.24 bits per heavy atom. The summed E-state index contributed by atoms with van der Waals surface area (Å²) in [5.41, 5.74) is 0.310. The molecule has 0 aliphatic carbocycles. The number of furan rings is 1. The second-order valence-corrected chi connectivity index (χ2v) is 7.18. The largest absolute Gasteiger partial charge is 0.467 e. The van der Waals surface area contributed by atoms with Gasteiger partial charge in [-0.1, -0.05) is 27.5 Å². The number of halogens is 2. The van der Waals surface area contributed by atoms with E-state index in [0.29, 0.717) is 10.2 Å². The van der Waals surface area contributed by atoms with Gasteiger partial charge in [0.15, 0.2) is 0 Å². The van der Waals surface area contributed by atoms with Gasteiger partial charge < -0.3 is 24.5 Å². The number of carbonyl (C=O) groups is 3. The lowest BCUT2D eigenvalue weighted by atomic mass is 10.0. The molecule has 1 aliphatic heterocycles. The number of benzene rings is 1. The van der Waals surface area contributed by atoms with Crippen LogP contribution in [0.25, 0.3) is 0 Å². The Morgan fingerprint density at radius 3 is 2.72 bits per heavy atom. The summed E-state index contributed by atoms with van der Waals surface area (Å²) in [6.07, 6.45) is 1.42. The molecule has 10 heteroatoms. The molecule has 2 heterocycles. The minimum atomic E-state index is -0.888. The van der Waals surface area contributed by atoms with Crippen LogP contribution in [0.1, 0.15) is 29.1 Å². The first-order valence-corrected chi connectivity index (χ1v) is 9.71. The highest BCUT2D eigenvalue weighted by Gasteiger charge is 2.35. The molecule has 8 nitrogen and oxygen atoms in total. The Labute approximate surface area is 179 Å². The predicted octanol–water partition coefficient (Wildman–Crippen LogP) is 3.72. The fraction of sp³-hybridized carbons (Fsp3) is 0.211. The van der Waals surface area contributed by atoms with E-state index in [2.05, 4.69) is 26.6 Å².